The highest BCUT2D eigenvalue weighted by Crippen LogP contribution is 2.26. The Kier molecular flexibility index (Phi) is 3.36. The molecule has 0 spiro atoms. The quantitative estimate of drug-likeness (QED) is 0.604. The summed E-state index contributed by atoms with van der Waals surface area (Å²) in [6, 6.07) is 12.9. The Labute approximate surface area is 105 Å². The van der Waals surface area contributed by atoms with Gasteiger partial charge in [-0.25, -0.2) is 0 Å². The zero-order valence-electron chi connectivity index (χ0n) is 9.59. The number of terminal acetylenes is 1. The first kappa shape index (κ1) is 11.8. The van der Waals surface area contributed by atoms with Gasteiger partial charge in [-0.05, 0) is 11.1 Å². The maximum absolute atomic E-state index is 11.1. The van der Waals surface area contributed by atoms with Crippen molar-refractivity contribution in [3.63, 3.8) is 0 Å². The molecule has 0 atom stereocenters. The van der Waals surface area contributed by atoms with Gasteiger partial charge in [0.2, 0.25) is 0 Å². The van der Waals surface area contributed by atoms with Crippen molar-refractivity contribution in [2.75, 3.05) is 0 Å². The maximum atomic E-state index is 11.1. The minimum absolute atomic E-state index is 0.272. The fraction of sp³-hybridized carbons (Fsp3) is 0. The summed E-state index contributed by atoms with van der Waals surface area (Å²) in [6.45, 7) is 0. The molecule has 0 saturated carbocycles. The molecular weight excluding hydrogens is 224 g/mol. The van der Waals surface area contributed by atoms with Crippen LogP contribution in [-0.4, -0.2) is 12.6 Å². The number of carbonyl (C=O) groups is 2. The zero-order chi connectivity index (χ0) is 13.0. The predicted molar refractivity (Wildman–Crippen MR) is 70.6 cm³/mol. The lowest BCUT2D eigenvalue weighted by Crippen LogP contribution is -1.98. The van der Waals surface area contributed by atoms with Gasteiger partial charge in [-0.3, -0.25) is 9.59 Å². The Morgan fingerprint density at radius 2 is 1.67 bits per heavy atom. The lowest BCUT2D eigenvalue weighted by atomic mass is 9.93. The van der Waals surface area contributed by atoms with E-state index in [1.807, 2.05) is 30.3 Å². The molecule has 18 heavy (non-hydrogen) atoms. The third kappa shape index (κ3) is 1.94. The van der Waals surface area contributed by atoms with Crippen LogP contribution in [0.25, 0.3) is 11.1 Å². The van der Waals surface area contributed by atoms with E-state index in [-0.39, 0.29) is 5.56 Å². The van der Waals surface area contributed by atoms with Crippen molar-refractivity contribution in [3.8, 4) is 23.5 Å². The van der Waals surface area contributed by atoms with Crippen molar-refractivity contribution in [1.29, 1.82) is 0 Å². The number of aldehydes is 2. The zero-order valence-corrected chi connectivity index (χ0v) is 9.59. The number of benzene rings is 2. The lowest BCUT2D eigenvalue weighted by molar-refractivity contribution is 0.109. The van der Waals surface area contributed by atoms with Gasteiger partial charge < -0.3 is 0 Å². The summed E-state index contributed by atoms with van der Waals surface area (Å²) < 4.78 is 0. The third-order valence-electron chi connectivity index (χ3n) is 2.75. The summed E-state index contributed by atoms with van der Waals surface area (Å²) in [7, 11) is 0. The molecular formula is C16H10O2. The van der Waals surface area contributed by atoms with Crippen LogP contribution >= 0.6 is 0 Å². The van der Waals surface area contributed by atoms with E-state index >= 15 is 0 Å². The van der Waals surface area contributed by atoms with Crippen LogP contribution in [0.15, 0.2) is 42.5 Å². The molecule has 2 heteroatoms. The summed E-state index contributed by atoms with van der Waals surface area (Å²) >= 11 is 0. The molecule has 0 unspecified atom stereocenters. The Balaban J connectivity index is 2.75. The Morgan fingerprint density at radius 1 is 0.944 bits per heavy atom. The van der Waals surface area contributed by atoms with E-state index in [4.69, 9.17) is 6.42 Å². The fourth-order valence-corrected chi connectivity index (χ4v) is 1.88. The molecule has 2 aromatic carbocycles. The van der Waals surface area contributed by atoms with E-state index < -0.39 is 0 Å². The molecule has 0 aliphatic carbocycles. The second-order valence-electron chi connectivity index (χ2n) is 3.74. The number of rotatable bonds is 3. The molecule has 0 radical (unpaired) electrons. The smallest absolute Gasteiger partial charge is 0.152 e. The van der Waals surface area contributed by atoms with Crippen LogP contribution in [-0.2, 0) is 0 Å². The number of hydrogen-bond acceptors (Lipinski definition) is 2. The summed E-state index contributed by atoms with van der Waals surface area (Å²) in [5.74, 6) is 2.50. The van der Waals surface area contributed by atoms with Gasteiger partial charge in [0.05, 0.1) is 0 Å². The molecule has 0 aliphatic heterocycles. The SMILES string of the molecule is C#Cc1c(-c2ccccc2)ccc(C=O)c1C=O. The van der Waals surface area contributed by atoms with E-state index in [9.17, 15) is 9.59 Å². The topological polar surface area (TPSA) is 34.1 Å². The highest BCUT2D eigenvalue weighted by atomic mass is 16.1. The molecule has 0 aromatic heterocycles. The van der Waals surface area contributed by atoms with Gasteiger partial charge >= 0.3 is 0 Å². The molecule has 0 bridgehead atoms. The molecule has 86 valence electrons. The van der Waals surface area contributed by atoms with Crippen molar-refractivity contribution >= 4 is 12.6 Å². The third-order valence-corrected chi connectivity index (χ3v) is 2.75. The van der Waals surface area contributed by atoms with Gasteiger partial charge in [0, 0.05) is 16.7 Å². The Hall–Kier alpha value is -2.66. The molecule has 0 aliphatic rings. The normalized spacial score (nSPS) is 9.50. The average molecular weight is 234 g/mol. The fourth-order valence-electron chi connectivity index (χ4n) is 1.88. The van der Waals surface area contributed by atoms with Crippen molar-refractivity contribution in [3.05, 3.63) is 59.2 Å². The van der Waals surface area contributed by atoms with Crippen molar-refractivity contribution in [2.45, 2.75) is 0 Å². The summed E-state index contributed by atoms with van der Waals surface area (Å²) in [5.41, 5.74) is 2.75. The molecule has 2 rings (SSSR count). The molecule has 0 heterocycles. The largest absolute Gasteiger partial charge is 0.298 e. The minimum atomic E-state index is 0.272. The second kappa shape index (κ2) is 5.11. The molecule has 0 saturated heterocycles. The van der Waals surface area contributed by atoms with Crippen LogP contribution in [0.1, 0.15) is 26.3 Å². The number of carbonyl (C=O) groups excluding carboxylic acids is 2. The van der Waals surface area contributed by atoms with E-state index in [0.717, 1.165) is 11.1 Å². The van der Waals surface area contributed by atoms with Gasteiger partial charge in [-0.15, -0.1) is 6.42 Å². The van der Waals surface area contributed by atoms with E-state index in [0.29, 0.717) is 23.7 Å². The Morgan fingerprint density at radius 3 is 2.22 bits per heavy atom. The van der Waals surface area contributed by atoms with Crippen molar-refractivity contribution in [2.24, 2.45) is 0 Å². The van der Waals surface area contributed by atoms with Gasteiger partial charge in [0.15, 0.2) is 12.6 Å². The van der Waals surface area contributed by atoms with Crippen LogP contribution in [0.5, 0.6) is 0 Å². The molecule has 0 amide bonds. The van der Waals surface area contributed by atoms with Gasteiger partial charge in [-0.1, -0.05) is 48.4 Å². The first-order valence-electron chi connectivity index (χ1n) is 5.41. The molecule has 0 N–H and O–H groups in total. The monoisotopic (exact) mass is 234 g/mol. The first-order valence-corrected chi connectivity index (χ1v) is 5.41. The lowest BCUT2D eigenvalue weighted by Gasteiger charge is -2.09. The second-order valence-corrected chi connectivity index (χ2v) is 3.74. The summed E-state index contributed by atoms with van der Waals surface area (Å²) in [4.78, 5) is 22.0. The van der Waals surface area contributed by atoms with Crippen molar-refractivity contribution < 1.29 is 9.59 Å². The van der Waals surface area contributed by atoms with Gasteiger partial charge in [-0.2, -0.15) is 0 Å². The predicted octanol–water partition coefficient (Wildman–Crippen LogP) is 2.96. The van der Waals surface area contributed by atoms with Crippen LogP contribution in [0.4, 0.5) is 0 Å². The maximum Gasteiger partial charge on any atom is 0.152 e. The van der Waals surface area contributed by atoms with Crippen molar-refractivity contribution in [1.82, 2.24) is 0 Å². The molecule has 2 nitrogen and oxygen atoms in total. The minimum Gasteiger partial charge on any atom is -0.298 e. The standard InChI is InChI=1S/C16H10O2/c1-2-14-15(12-6-4-3-5-7-12)9-8-13(10-17)16(14)11-18/h1,3-11H. The molecule has 0 fully saturated rings. The van der Waals surface area contributed by atoms with E-state index in [1.165, 1.54) is 0 Å². The first-order chi connectivity index (χ1) is 8.81. The van der Waals surface area contributed by atoms with E-state index in [1.54, 1.807) is 12.1 Å². The summed E-state index contributed by atoms with van der Waals surface area (Å²) in [6.07, 6.45) is 6.73. The van der Waals surface area contributed by atoms with E-state index in [2.05, 4.69) is 5.92 Å². The highest BCUT2D eigenvalue weighted by Gasteiger charge is 2.11. The van der Waals surface area contributed by atoms with Crippen LogP contribution in [0.3, 0.4) is 0 Å². The average Bonchev–Trinajstić information content (AvgIpc) is 2.46. The van der Waals surface area contributed by atoms with Crippen LogP contribution < -0.4 is 0 Å². The van der Waals surface area contributed by atoms with Crippen LogP contribution in [0, 0.1) is 12.3 Å². The highest BCUT2D eigenvalue weighted by molar-refractivity contribution is 5.96. The summed E-state index contributed by atoms with van der Waals surface area (Å²) in [5, 5.41) is 0. The molecule has 2 aromatic rings. The van der Waals surface area contributed by atoms with Crippen LogP contribution in [0.2, 0.25) is 0 Å². The number of hydrogen-bond donors (Lipinski definition) is 0. The Bertz CT molecular complexity index is 634. The van der Waals surface area contributed by atoms with Gasteiger partial charge in [0.1, 0.15) is 0 Å². The van der Waals surface area contributed by atoms with Gasteiger partial charge in [0.25, 0.3) is 0 Å².